The molecule has 23 heteroatoms. The van der Waals surface area contributed by atoms with Gasteiger partial charge in [-0.05, 0) is 22.9 Å². The average molecular weight is 688 g/mol. The van der Waals surface area contributed by atoms with Crippen LogP contribution in [0.5, 0.6) is 5.75 Å². The number of anilines is 1. The van der Waals surface area contributed by atoms with E-state index < -0.39 is 40.4 Å². The number of tetrazole rings is 1. The Hall–Kier alpha value is -3.70. The number of aromatic nitrogens is 7. The molecule has 0 spiro atoms. The van der Waals surface area contributed by atoms with Crippen LogP contribution in [0.1, 0.15) is 18.4 Å². The number of pyridine rings is 1. The number of rotatable bonds is 12. The van der Waals surface area contributed by atoms with Gasteiger partial charge in [0.2, 0.25) is 22.1 Å². The predicted molar refractivity (Wildman–Crippen MR) is 152 cm³/mol. The minimum Gasteiger partial charge on any atom is -0.543 e. The topological polar surface area (TPSA) is 258 Å². The smallest absolute Gasteiger partial charge is 0.543 e. The van der Waals surface area contributed by atoms with Crippen LogP contribution in [0.15, 0.2) is 38.6 Å². The van der Waals surface area contributed by atoms with Gasteiger partial charge in [0.1, 0.15) is 25.1 Å². The molecule has 232 valence electrons. The van der Waals surface area contributed by atoms with Gasteiger partial charge in [-0.25, -0.2) is 4.68 Å². The van der Waals surface area contributed by atoms with Crippen molar-refractivity contribution in [1.29, 1.82) is 0 Å². The van der Waals surface area contributed by atoms with Gasteiger partial charge in [-0.15, -0.1) is 16.9 Å². The van der Waals surface area contributed by atoms with Crippen molar-refractivity contribution in [2.45, 2.75) is 30.0 Å². The number of carboxylic acids is 1. The molecule has 5 rings (SSSR count). The van der Waals surface area contributed by atoms with E-state index in [1.54, 1.807) is 6.92 Å². The summed E-state index contributed by atoms with van der Waals surface area (Å²) in [5.41, 5.74) is 5.11. The van der Waals surface area contributed by atoms with Gasteiger partial charge in [-0.1, -0.05) is 16.9 Å². The fourth-order valence-corrected chi connectivity index (χ4v) is 6.97. The molecule has 1 fully saturated rings. The minimum absolute atomic E-state index is 0. The van der Waals surface area contributed by atoms with Gasteiger partial charge in [0.05, 0.1) is 30.1 Å². The zero-order chi connectivity index (χ0) is 31.5. The number of thioether (sulfide) groups is 2. The van der Waals surface area contributed by atoms with Crippen LogP contribution in [0.2, 0.25) is 0 Å². The second-order valence-corrected chi connectivity index (χ2v) is 11.7. The van der Waals surface area contributed by atoms with Gasteiger partial charge in [0, 0.05) is 29.1 Å². The molecule has 4 N–H and O–H groups in total. The van der Waals surface area contributed by atoms with Crippen molar-refractivity contribution in [1.82, 2.24) is 44.5 Å². The van der Waals surface area contributed by atoms with E-state index in [0.717, 1.165) is 34.4 Å². The SMILES string of the molecule is CCO/N=C(\C(=O)N[C@@H]1C(=O)N2C(C(=O)[O-])=C(CSc3nnnn3Cc3cc(=O)c(O)cn3OC)CS[C@@H]12)c1nsc(N)n1.[Na+]. The summed E-state index contributed by atoms with van der Waals surface area (Å²) in [6.07, 6.45) is 1.11. The molecule has 2 aliphatic rings. The Bertz CT molecular complexity index is 1740. The number of nitrogens with one attached hydrogen (secondary N) is 1. The Morgan fingerprint density at radius 1 is 1.36 bits per heavy atom. The molecule has 0 aromatic carbocycles. The van der Waals surface area contributed by atoms with Crippen molar-refractivity contribution in [2.24, 2.45) is 5.16 Å². The van der Waals surface area contributed by atoms with Crippen LogP contribution in [-0.4, -0.2) is 104 Å². The zero-order valence-corrected chi connectivity index (χ0v) is 28.2. The van der Waals surface area contributed by atoms with Gasteiger partial charge in [0.25, 0.3) is 11.8 Å². The van der Waals surface area contributed by atoms with Gasteiger partial charge < -0.3 is 35.7 Å². The van der Waals surface area contributed by atoms with Gasteiger partial charge >= 0.3 is 29.6 Å². The first-order valence-electron chi connectivity index (χ1n) is 12.5. The molecule has 45 heavy (non-hydrogen) atoms. The van der Waals surface area contributed by atoms with E-state index in [1.165, 1.54) is 34.4 Å². The molecule has 2 atom stereocenters. The maximum absolute atomic E-state index is 13.1. The number of amides is 2. The summed E-state index contributed by atoms with van der Waals surface area (Å²) in [5.74, 6) is -3.31. The van der Waals surface area contributed by atoms with Crippen molar-refractivity contribution in [2.75, 3.05) is 31.0 Å². The number of carbonyl (C=O) groups is 3. The quantitative estimate of drug-likeness (QED) is 0.0526. The number of hydrogen-bond acceptors (Lipinski definition) is 18. The Labute approximate surface area is 287 Å². The minimum atomic E-state index is -1.56. The summed E-state index contributed by atoms with van der Waals surface area (Å²) in [4.78, 5) is 65.4. The average Bonchev–Trinajstić information content (AvgIpc) is 3.64. The number of aromatic hydroxyl groups is 1. The van der Waals surface area contributed by atoms with Crippen molar-refractivity contribution >= 4 is 63.7 Å². The van der Waals surface area contributed by atoms with Crippen LogP contribution < -0.4 is 56.0 Å². The molecule has 1 saturated heterocycles. The van der Waals surface area contributed by atoms with E-state index in [-0.39, 0.29) is 81.7 Å². The van der Waals surface area contributed by atoms with Crippen molar-refractivity contribution < 1.29 is 63.8 Å². The number of nitrogen functional groups attached to an aromatic ring is 1. The molecule has 0 radical (unpaired) electrons. The number of β-lactam (4-membered cyclic amide) rings is 1. The van der Waals surface area contributed by atoms with Gasteiger partial charge in [-0.3, -0.25) is 19.3 Å². The number of nitrogens with two attached hydrogens (primary N) is 1. The Morgan fingerprint density at radius 3 is 2.80 bits per heavy atom. The second-order valence-electron chi connectivity index (χ2n) is 8.84. The van der Waals surface area contributed by atoms with E-state index >= 15 is 0 Å². The fraction of sp³-hybridized carbons (Fsp3) is 0.364. The molecular formula is C22H22N11NaO8S3. The van der Waals surface area contributed by atoms with Crippen molar-refractivity contribution in [3.63, 3.8) is 0 Å². The Morgan fingerprint density at radius 2 is 2.13 bits per heavy atom. The second kappa shape index (κ2) is 14.6. The maximum Gasteiger partial charge on any atom is 1.00 e. The standard InChI is InChI=1S/C22H23N11O8S3.Na/c1-3-41-27-13(16-25-21(23)44-28-16)17(36)24-14-18(37)33-15(20(38)39)9(7-42-19(14)33)8-43-22-26-29-30-31(22)5-10-4-11(34)12(35)6-32(10)40-2;/h4,6,14,19,35H,3,5,7-8H2,1-2H3,(H,24,36)(H,38,39)(H2,23,25,28);/q;+1/p-1/b27-13-;/t14-,19+;/m1./s1. The third kappa shape index (κ3) is 7.09. The molecule has 3 aromatic heterocycles. The van der Waals surface area contributed by atoms with Crippen LogP contribution in [0.25, 0.3) is 0 Å². The molecule has 2 amide bonds. The summed E-state index contributed by atoms with van der Waals surface area (Å²) >= 11 is 3.20. The van der Waals surface area contributed by atoms with Crippen molar-refractivity contribution in [3.8, 4) is 5.75 Å². The van der Waals surface area contributed by atoms with E-state index in [9.17, 15) is 29.4 Å². The number of nitrogens with zero attached hydrogens (tertiary/aromatic N) is 9. The number of carboxylic acid groups (broad SMARTS) is 1. The Balaban J connectivity index is 0.00000461. The third-order valence-corrected chi connectivity index (χ3v) is 9.06. The summed E-state index contributed by atoms with van der Waals surface area (Å²) in [6, 6.07) is 0.109. The van der Waals surface area contributed by atoms with Crippen LogP contribution in [0.3, 0.4) is 0 Å². The predicted octanol–water partition coefficient (Wildman–Crippen LogP) is -5.98. The third-order valence-electron chi connectivity index (χ3n) is 6.14. The largest absolute Gasteiger partial charge is 1.00 e. The van der Waals surface area contributed by atoms with Crippen LogP contribution >= 0.6 is 35.1 Å². The first kappa shape index (κ1) is 34.2. The van der Waals surface area contributed by atoms with E-state index in [2.05, 4.69) is 35.4 Å². The maximum atomic E-state index is 13.1. The molecule has 5 heterocycles. The monoisotopic (exact) mass is 687 g/mol. The molecule has 0 bridgehead atoms. The first-order chi connectivity index (χ1) is 21.1. The molecule has 0 saturated carbocycles. The number of carbonyl (C=O) groups excluding carboxylic acids is 3. The van der Waals surface area contributed by atoms with Gasteiger partial charge in [-0.2, -0.15) is 14.1 Å². The molecule has 19 nitrogen and oxygen atoms in total. The molecule has 0 aliphatic carbocycles. The summed E-state index contributed by atoms with van der Waals surface area (Å²) in [5, 5.41) is 39.4. The molecule has 3 aromatic rings. The molecular weight excluding hydrogens is 666 g/mol. The Kier molecular flexibility index (Phi) is 11.1. The van der Waals surface area contributed by atoms with E-state index in [1.807, 2.05) is 0 Å². The van der Waals surface area contributed by atoms with Crippen molar-refractivity contribution in [3.05, 3.63) is 45.3 Å². The summed E-state index contributed by atoms with van der Waals surface area (Å²) < 4.78 is 6.50. The molecule has 2 aliphatic heterocycles. The molecule has 0 unspecified atom stereocenters. The summed E-state index contributed by atoms with van der Waals surface area (Å²) in [7, 11) is 1.35. The number of oxime groups is 1. The van der Waals surface area contributed by atoms with Crippen LogP contribution in [-0.2, 0) is 25.8 Å². The van der Waals surface area contributed by atoms with Crippen LogP contribution in [0.4, 0.5) is 5.13 Å². The van der Waals surface area contributed by atoms with Gasteiger partial charge in [0.15, 0.2) is 10.9 Å². The first-order valence-corrected chi connectivity index (χ1v) is 15.3. The number of aliphatic carboxylic acids is 1. The van der Waals surface area contributed by atoms with Crippen LogP contribution in [0, 0.1) is 0 Å². The number of hydrogen-bond donors (Lipinski definition) is 3. The van der Waals surface area contributed by atoms with E-state index in [0.29, 0.717) is 11.3 Å². The number of fused-ring (bicyclic) bond motifs is 1. The van der Waals surface area contributed by atoms with E-state index in [4.69, 9.17) is 15.4 Å². The zero-order valence-electron chi connectivity index (χ0n) is 23.8. The normalized spacial score (nSPS) is 17.7. The fourth-order valence-electron chi connectivity index (χ4n) is 4.17. The summed E-state index contributed by atoms with van der Waals surface area (Å²) in [6.45, 7) is 1.81.